The highest BCUT2D eigenvalue weighted by Crippen LogP contribution is 2.39. The van der Waals surface area contributed by atoms with E-state index in [1.165, 1.54) is 14.1 Å². The Morgan fingerprint density at radius 2 is 1.81 bits per heavy atom. The van der Waals surface area contributed by atoms with Crippen LogP contribution >= 0.6 is 23.2 Å². The molecule has 0 bridgehead atoms. The van der Waals surface area contributed by atoms with E-state index >= 15 is 0 Å². The van der Waals surface area contributed by atoms with Gasteiger partial charge in [0, 0.05) is 14.1 Å². The van der Waals surface area contributed by atoms with Crippen molar-refractivity contribution in [2.75, 3.05) is 24.6 Å². The van der Waals surface area contributed by atoms with Crippen molar-refractivity contribution in [3.05, 3.63) is 33.4 Å². The lowest BCUT2D eigenvalue weighted by Gasteiger charge is -2.14. The molecule has 0 fully saturated rings. The second-order valence-electron chi connectivity index (χ2n) is 5.31. The molecule has 0 amide bonds. The van der Waals surface area contributed by atoms with Gasteiger partial charge in [-0.25, -0.2) is 4.68 Å². The Hall–Kier alpha value is -2.20. The Morgan fingerprint density at radius 3 is 2.22 bits per heavy atom. The average Bonchev–Trinajstić information content (AvgIpc) is 2.82. The minimum atomic E-state index is -4.69. The quantitative estimate of drug-likeness (QED) is 0.754. The number of nitrogens with zero attached hydrogens (tertiary/aromatic N) is 4. The fraction of sp³-hybridized carbons (Fsp3) is 0.231. The van der Waals surface area contributed by atoms with Gasteiger partial charge in [0.05, 0.1) is 15.6 Å². The van der Waals surface area contributed by atoms with Crippen molar-refractivity contribution >= 4 is 44.9 Å². The smallest absolute Gasteiger partial charge is 0.382 e. The molecule has 8 nitrogen and oxygen atoms in total. The maximum atomic E-state index is 12.9. The number of benzene rings is 1. The number of nitrogens with one attached hydrogen (secondary N) is 1. The van der Waals surface area contributed by atoms with E-state index in [0.29, 0.717) is 12.1 Å². The molecule has 1 aromatic heterocycles. The van der Waals surface area contributed by atoms with Crippen molar-refractivity contribution in [3.8, 4) is 11.8 Å². The van der Waals surface area contributed by atoms with Crippen LogP contribution in [0.15, 0.2) is 12.1 Å². The molecular formula is C13H11Cl2F3N6O2S. The topological polar surface area (TPSA) is 117 Å². The van der Waals surface area contributed by atoms with Crippen LogP contribution in [0.25, 0.3) is 5.69 Å². The van der Waals surface area contributed by atoms with Crippen molar-refractivity contribution in [1.29, 1.82) is 5.26 Å². The molecule has 0 aliphatic rings. The molecule has 1 aromatic carbocycles. The average molecular weight is 443 g/mol. The molecule has 0 saturated carbocycles. The van der Waals surface area contributed by atoms with Crippen molar-refractivity contribution < 1.29 is 21.6 Å². The highest BCUT2D eigenvalue weighted by Gasteiger charge is 2.33. The molecule has 14 heteroatoms. The van der Waals surface area contributed by atoms with Crippen LogP contribution in [0.1, 0.15) is 11.3 Å². The van der Waals surface area contributed by atoms with E-state index in [1.807, 2.05) is 0 Å². The molecule has 3 N–H and O–H groups in total. The molecule has 0 aliphatic heterocycles. The Balaban J connectivity index is 2.68. The summed E-state index contributed by atoms with van der Waals surface area (Å²) in [7, 11) is -1.57. The lowest BCUT2D eigenvalue weighted by molar-refractivity contribution is -0.137. The number of anilines is 2. The van der Waals surface area contributed by atoms with Crippen LogP contribution < -0.4 is 10.5 Å². The van der Waals surface area contributed by atoms with Gasteiger partial charge in [-0.3, -0.25) is 4.72 Å². The normalized spacial score (nSPS) is 12.3. The first-order valence-electron chi connectivity index (χ1n) is 6.85. The first-order valence-corrected chi connectivity index (χ1v) is 9.04. The number of nitrogens with two attached hydrogens (primary N) is 1. The molecule has 2 aromatic rings. The van der Waals surface area contributed by atoms with E-state index in [4.69, 9.17) is 28.9 Å². The monoisotopic (exact) mass is 442 g/mol. The molecule has 1 heterocycles. The number of alkyl halides is 3. The summed E-state index contributed by atoms with van der Waals surface area (Å²) in [6.45, 7) is 0. The predicted molar refractivity (Wildman–Crippen MR) is 93.9 cm³/mol. The van der Waals surface area contributed by atoms with Gasteiger partial charge in [0.1, 0.15) is 17.4 Å². The number of nitrogen functional groups attached to an aromatic ring is 1. The Kier molecular flexibility index (Phi) is 5.53. The largest absolute Gasteiger partial charge is 0.416 e. The number of aromatic nitrogens is 2. The molecule has 0 aliphatic carbocycles. The van der Waals surface area contributed by atoms with Crippen LogP contribution in [0.5, 0.6) is 0 Å². The highest BCUT2D eigenvalue weighted by molar-refractivity contribution is 7.90. The minimum absolute atomic E-state index is 0.240. The third kappa shape index (κ3) is 4.06. The number of hydrogen-bond acceptors (Lipinski definition) is 5. The van der Waals surface area contributed by atoms with Crippen molar-refractivity contribution in [3.63, 3.8) is 0 Å². The van der Waals surface area contributed by atoms with Crippen LogP contribution in [0.3, 0.4) is 0 Å². The summed E-state index contributed by atoms with van der Waals surface area (Å²) in [6, 6.07) is 2.86. The first-order chi connectivity index (χ1) is 12.3. The zero-order chi connectivity index (χ0) is 20.7. The van der Waals surface area contributed by atoms with Gasteiger partial charge in [0.15, 0.2) is 11.5 Å². The molecule has 2 rings (SSSR count). The van der Waals surface area contributed by atoms with Gasteiger partial charge >= 0.3 is 16.4 Å². The predicted octanol–water partition coefficient (Wildman–Crippen LogP) is 2.87. The van der Waals surface area contributed by atoms with Gasteiger partial charge in [-0.2, -0.15) is 36.3 Å². The van der Waals surface area contributed by atoms with Gasteiger partial charge in [0.25, 0.3) is 0 Å². The van der Waals surface area contributed by atoms with E-state index < -0.39 is 37.7 Å². The summed E-state index contributed by atoms with van der Waals surface area (Å²) in [6.07, 6.45) is -4.69. The van der Waals surface area contributed by atoms with Crippen LogP contribution in [0.4, 0.5) is 24.7 Å². The zero-order valence-corrected chi connectivity index (χ0v) is 16.0. The third-order valence-corrected chi connectivity index (χ3v) is 5.29. The first kappa shape index (κ1) is 21.1. The van der Waals surface area contributed by atoms with Gasteiger partial charge in [0.2, 0.25) is 0 Å². The van der Waals surface area contributed by atoms with E-state index in [-0.39, 0.29) is 17.2 Å². The maximum Gasteiger partial charge on any atom is 0.416 e. The maximum absolute atomic E-state index is 12.9. The summed E-state index contributed by atoms with van der Waals surface area (Å²) in [5.74, 6) is -0.388. The molecule has 0 atom stereocenters. The van der Waals surface area contributed by atoms with Crippen LogP contribution in [-0.2, 0) is 16.4 Å². The van der Waals surface area contributed by atoms with Crippen molar-refractivity contribution in [1.82, 2.24) is 14.1 Å². The summed E-state index contributed by atoms with van der Waals surface area (Å²) >= 11 is 11.8. The minimum Gasteiger partial charge on any atom is -0.382 e. The molecule has 27 heavy (non-hydrogen) atoms. The van der Waals surface area contributed by atoms with Crippen molar-refractivity contribution in [2.24, 2.45) is 0 Å². The Morgan fingerprint density at radius 1 is 1.30 bits per heavy atom. The van der Waals surface area contributed by atoms with Gasteiger partial charge in [-0.1, -0.05) is 23.2 Å². The number of rotatable bonds is 4. The molecule has 0 unspecified atom stereocenters. The third-order valence-electron chi connectivity index (χ3n) is 3.29. The van der Waals surface area contributed by atoms with E-state index in [1.54, 1.807) is 6.07 Å². The summed E-state index contributed by atoms with van der Waals surface area (Å²) in [5.41, 5.74) is 3.72. The fourth-order valence-corrected chi connectivity index (χ4v) is 3.22. The number of hydrogen-bond donors (Lipinski definition) is 2. The molecule has 0 radical (unpaired) electrons. The SMILES string of the molecule is CN(C)S(=O)(=O)Nc1c(C#N)nn(-c2c(Cl)cc(C(F)(F)F)cc2Cl)c1N. The van der Waals surface area contributed by atoms with Gasteiger partial charge in [-0.15, -0.1) is 0 Å². The molecule has 0 spiro atoms. The fourth-order valence-electron chi connectivity index (χ4n) is 1.93. The Bertz CT molecular complexity index is 1020. The number of nitriles is 1. The summed E-state index contributed by atoms with van der Waals surface area (Å²) < 4.78 is 66.2. The lowest BCUT2D eigenvalue weighted by atomic mass is 10.2. The van der Waals surface area contributed by atoms with E-state index in [2.05, 4.69) is 9.82 Å². The van der Waals surface area contributed by atoms with Crippen LogP contribution in [0, 0.1) is 11.3 Å². The van der Waals surface area contributed by atoms with E-state index in [9.17, 15) is 26.9 Å². The molecular weight excluding hydrogens is 432 g/mol. The Labute approximate surface area is 162 Å². The zero-order valence-electron chi connectivity index (χ0n) is 13.6. The van der Waals surface area contributed by atoms with E-state index in [0.717, 1.165) is 8.99 Å². The molecule has 146 valence electrons. The van der Waals surface area contributed by atoms with Crippen LogP contribution in [0.2, 0.25) is 10.0 Å². The lowest BCUT2D eigenvalue weighted by Crippen LogP contribution is -2.29. The standard InChI is InChI=1S/C13H11Cl2F3N6O2S/c1-23(2)27(25,26)22-10-9(5-19)21-24(12(10)20)11-7(14)3-6(4-8(11)15)13(16,17)18/h3-4,22H,20H2,1-2H3. The van der Waals surface area contributed by atoms with Crippen molar-refractivity contribution in [2.45, 2.75) is 6.18 Å². The molecule has 0 saturated heterocycles. The highest BCUT2D eigenvalue weighted by atomic mass is 35.5. The summed E-state index contributed by atoms with van der Waals surface area (Å²) in [4.78, 5) is 0. The van der Waals surface area contributed by atoms with Gasteiger partial charge in [-0.05, 0) is 12.1 Å². The van der Waals surface area contributed by atoms with Gasteiger partial charge < -0.3 is 5.73 Å². The second-order valence-corrected chi connectivity index (χ2v) is 8.01. The summed E-state index contributed by atoms with van der Waals surface area (Å²) in [5, 5.41) is 12.1. The van der Waals surface area contributed by atoms with Crippen LogP contribution in [-0.4, -0.2) is 36.6 Å². The second kappa shape index (κ2) is 7.08. The number of halogens is 5.